The fourth-order valence-corrected chi connectivity index (χ4v) is 3.79. The second kappa shape index (κ2) is 13.3. The van der Waals surface area contributed by atoms with Gasteiger partial charge in [-0.1, -0.05) is 12.1 Å². The number of amides is 1. The van der Waals surface area contributed by atoms with Crippen molar-refractivity contribution < 1.29 is 24.3 Å². The number of ketones is 1. The van der Waals surface area contributed by atoms with E-state index < -0.39 is 11.1 Å². The van der Waals surface area contributed by atoms with Gasteiger partial charge < -0.3 is 21.1 Å². The summed E-state index contributed by atoms with van der Waals surface area (Å²) >= 11 is 0. The van der Waals surface area contributed by atoms with E-state index in [1.54, 1.807) is 12.1 Å². The highest BCUT2D eigenvalue weighted by Gasteiger charge is 2.22. The first-order valence-electron chi connectivity index (χ1n) is 13.3. The van der Waals surface area contributed by atoms with Gasteiger partial charge in [-0.25, -0.2) is 9.97 Å². The third-order valence-electron chi connectivity index (χ3n) is 5.89. The topological polar surface area (TPSA) is 188 Å². The number of carbonyl (C=O) groups excluding carboxylic acids is 2. The molecule has 13 nitrogen and oxygen atoms in total. The third kappa shape index (κ3) is 10.6. The Morgan fingerprint density at radius 1 is 1.12 bits per heavy atom. The van der Waals surface area contributed by atoms with Gasteiger partial charge in [0, 0.05) is 36.2 Å². The summed E-state index contributed by atoms with van der Waals surface area (Å²) in [4.78, 5) is 51.4. The van der Waals surface area contributed by atoms with Gasteiger partial charge in [0.05, 0.1) is 24.0 Å². The number of nitrogens with two attached hydrogens (primary N) is 1. The van der Waals surface area contributed by atoms with Gasteiger partial charge in [-0.2, -0.15) is 4.98 Å². The zero-order valence-corrected chi connectivity index (χ0v) is 24.2. The molecule has 3 rings (SSSR count). The summed E-state index contributed by atoms with van der Waals surface area (Å²) in [6.07, 6.45) is 3.24. The van der Waals surface area contributed by atoms with Gasteiger partial charge in [0.15, 0.2) is 11.2 Å². The van der Waals surface area contributed by atoms with Crippen molar-refractivity contribution >= 4 is 40.7 Å². The molecule has 0 unspecified atom stereocenters. The second-order valence-electron chi connectivity index (χ2n) is 11.4. The zero-order valence-electron chi connectivity index (χ0n) is 24.2. The largest absolute Gasteiger partial charge is 0.379 e. The third-order valence-corrected chi connectivity index (χ3v) is 5.89. The van der Waals surface area contributed by atoms with Crippen molar-refractivity contribution in [2.24, 2.45) is 0 Å². The van der Waals surface area contributed by atoms with Crippen LogP contribution in [0.25, 0.3) is 11.2 Å². The van der Waals surface area contributed by atoms with E-state index in [1.807, 2.05) is 46.8 Å². The van der Waals surface area contributed by atoms with Gasteiger partial charge in [-0.3, -0.25) is 24.6 Å². The predicted molar refractivity (Wildman–Crippen MR) is 155 cm³/mol. The van der Waals surface area contributed by atoms with Crippen molar-refractivity contribution in [1.29, 1.82) is 0 Å². The molecule has 2 aromatic heterocycles. The number of H-pyrrole nitrogens is 1. The number of hydrogen-bond donors (Lipinski definition) is 5. The summed E-state index contributed by atoms with van der Waals surface area (Å²) < 4.78 is 6.53. The lowest BCUT2D eigenvalue weighted by atomic mass is 10.0. The number of nitrogens with zero attached hydrogens (tertiary/aromatic N) is 4. The number of nitrogens with one attached hydrogen (secondary N) is 3. The average Bonchev–Trinajstić information content (AvgIpc) is 2.86. The van der Waals surface area contributed by atoms with Crippen LogP contribution in [0.1, 0.15) is 65.1 Å². The van der Waals surface area contributed by atoms with Crippen LogP contribution in [-0.4, -0.2) is 65.5 Å². The fourth-order valence-electron chi connectivity index (χ4n) is 3.79. The lowest BCUT2D eigenvalue weighted by Crippen LogP contribution is -2.44. The fraction of sp³-hybridized carbons (Fsp3) is 0.464. The molecular formula is C28H39N8O5+. The molecule has 41 heavy (non-hydrogen) atoms. The maximum absolute atomic E-state index is 12.3. The van der Waals surface area contributed by atoms with Crippen molar-refractivity contribution in [2.75, 3.05) is 17.7 Å². The Balaban J connectivity index is 1.44. The van der Waals surface area contributed by atoms with Crippen LogP contribution < -0.4 is 21.9 Å². The van der Waals surface area contributed by atoms with Crippen molar-refractivity contribution in [2.45, 2.75) is 78.1 Å². The van der Waals surface area contributed by atoms with Crippen LogP contribution in [0.3, 0.4) is 0 Å². The lowest BCUT2D eigenvalue weighted by Gasteiger charge is -2.28. The SMILES string of the molecule is CC(C)(CCOC(C)(C)C)NC(=O)CCC(=O)C=[N+](O)Cc1ccc(NCc2cnc3nc(N)[nH]c(=O)c3n2)cc1. The maximum atomic E-state index is 12.3. The van der Waals surface area contributed by atoms with E-state index in [0.29, 0.717) is 25.3 Å². The molecule has 0 spiro atoms. The smallest absolute Gasteiger partial charge is 0.280 e. The molecule has 0 atom stereocenters. The number of ether oxygens (including phenoxy) is 1. The minimum atomic E-state index is -0.465. The lowest BCUT2D eigenvalue weighted by molar-refractivity contribution is -0.782. The number of aromatic nitrogens is 4. The first kappa shape index (κ1) is 31.1. The Bertz CT molecular complexity index is 1460. The number of rotatable bonds is 13. The molecule has 0 fully saturated rings. The molecule has 220 valence electrons. The van der Waals surface area contributed by atoms with Crippen LogP contribution in [0.5, 0.6) is 0 Å². The van der Waals surface area contributed by atoms with Gasteiger partial charge in [-0.05, 0) is 57.9 Å². The molecule has 0 saturated heterocycles. The Kier molecular flexibility index (Phi) is 10.1. The maximum Gasteiger partial charge on any atom is 0.280 e. The molecule has 6 N–H and O–H groups in total. The molecule has 1 aromatic carbocycles. The van der Waals surface area contributed by atoms with E-state index in [2.05, 4.69) is 30.6 Å². The summed E-state index contributed by atoms with van der Waals surface area (Å²) in [6.45, 7) is 10.7. The summed E-state index contributed by atoms with van der Waals surface area (Å²) in [5.41, 5.74) is 6.72. The van der Waals surface area contributed by atoms with Gasteiger partial charge in [0.25, 0.3) is 11.8 Å². The molecule has 13 heteroatoms. The number of Topliss-reactive ketones (excluding diaryl/α,β-unsaturated/α-hetero) is 1. The minimum absolute atomic E-state index is 0.0205. The molecular weight excluding hydrogens is 528 g/mol. The quantitative estimate of drug-likeness (QED) is 0.0887. The van der Waals surface area contributed by atoms with Gasteiger partial charge >= 0.3 is 0 Å². The molecule has 0 aliphatic carbocycles. The molecule has 0 radical (unpaired) electrons. The molecule has 0 saturated carbocycles. The Hall–Kier alpha value is -4.39. The number of hydrogen-bond acceptors (Lipinski definition) is 10. The van der Waals surface area contributed by atoms with Crippen LogP contribution in [-0.2, 0) is 27.4 Å². The number of carbonyl (C=O) groups is 2. The van der Waals surface area contributed by atoms with Crippen molar-refractivity contribution in [3.63, 3.8) is 0 Å². The number of nitrogen functional groups attached to an aromatic ring is 1. The average molecular weight is 568 g/mol. The van der Waals surface area contributed by atoms with Gasteiger partial charge in [-0.15, -0.1) is 0 Å². The zero-order chi connectivity index (χ0) is 30.2. The van der Waals surface area contributed by atoms with E-state index in [4.69, 9.17) is 10.5 Å². The predicted octanol–water partition coefficient (Wildman–Crippen LogP) is 2.33. The van der Waals surface area contributed by atoms with Gasteiger partial charge in [0.1, 0.15) is 0 Å². The van der Waals surface area contributed by atoms with Crippen LogP contribution in [0.4, 0.5) is 11.6 Å². The highest BCUT2D eigenvalue weighted by molar-refractivity contribution is 6.25. The van der Waals surface area contributed by atoms with Crippen molar-refractivity contribution in [3.05, 3.63) is 52.1 Å². The molecule has 0 bridgehead atoms. The first-order valence-corrected chi connectivity index (χ1v) is 13.3. The van der Waals surface area contributed by atoms with E-state index in [9.17, 15) is 19.6 Å². The van der Waals surface area contributed by atoms with Crippen LogP contribution >= 0.6 is 0 Å². The normalized spacial score (nSPS) is 12.4. The van der Waals surface area contributed by atoms with E-state index in [1.165, 1.54) is 6.20 Å². The Labute approximate surface area is 238 Å². The van der Waals surface area contributed by atoms with Gasteiger partial charge in [0.2, 0.25) is 24.2 Å². The van der Waals surface area contributed by atoms with E-state index in [0.717, 1.165) is 22.2 Å². The molecule has 0 aliphatic rings. The Morgan fingerprint density at radius 3 is 2.51 bits per heavy atom. The van der Waals surface area contributed by atoms with Crippen molar-refractivity contribution in [1.82, 2.24) is 25.3 Å². The second-order valence-corrected chi connectivity index (χ2v) is 11.4. The number of anilines is 2. The molecule has 0 aliphatic heterocycles. The van der Waals surface area contributed by atoms with Crippen LogP contribution in [0, 0.1) is 0 Å². The number of hydroxylamine groups is 1. The van der Waals surface area contributed by atoms with Crippen LogP contribution in [0.15, 0.2) is 35.3 Å². The minimum Gasteiger partial charge on any atom is -0.379 e. The summed E-state index contributed by atoms with van der Waals surface area (Å²) in [5.74, 6) is -0.613. The first-order chi connectivity index (χ1) is 19.2. The number of benzene rings is 1. The summed E-state index contributed by atoms with van der Waals surface area (Å²) in [7, 11) is 0. The number of fused-ring (bicyclic) bond motifs is 1. The summed E-state index contributed by atoms with van der Waals surface area (Å²) in [5, 5.41) is 16.3. The van der Waals surface area contributed by atoms with E-state index >= 15 is 0 Å². The molecule has 1 amide bonds. The highest BCUT2D eigenvalue weighted by Crippen LogP contribution is 2.14. The standard InChI is InChI=1S/C28H38N8O5/c1-27(2,3)41-13-12-28(4,5)35-22(38)11-10-21(37)17-36(40)16-18-6-8-19(9-7-18)30-14-20-15-31-24-23(32-20)25(39)34-26(29)33-24/h6-9,15,17,30H,10-14,16H2,1-5H3,(H4-,29,31,33,34,35,37,38,39,40)/p+1. The summed E-state index contributed by atoms with van der Waals surface area (Å²) in [6, 6.07) is 7.22. The number of aromatic amines is 1. The monoisotopic (exact) mass is 567 g/mol. The van der Waals surface area contributed by atoms with Crippen LogP contribution in [0.2, 0.25) is 0 Å². The molecule has 2 heterocycles. The van der Waals surface area contributed by atoms with E-state index in [-0.39, 0.29) is 53.8 Å². The van der Waals surface area contributed by atoms with Crippen molar-refractivity contribution in [3.8, 4) is 0 Å². The highest BCUT2D eigenvalue weighted by atomic mass is 16.5. The Morgan fingerprint density at radius 2 is 1.83 bits per heavy atom. The molecule has 3 aromatic rings.